The van der Waals surface area contributed by atoms with E-state index in [2.05, 4.69) is 5.32 Å². The Morgan fingerprint density at radius 2 is 1.74 bits per heavy atom. The predicted molar refractivity (Wildman–Crippen MR) is 69.6 cm³/mol. The summed E-state index contributed by atoms with van der Waals surface area (Å²) in [6.45, 7) is 0.520. The molecular formula is C15H12NO3. The minimum Gasteiger partial charge on any atom is -0.458 e. The molecule has 4 rings (SSSR count). The van der Waals surface area contributed by atoms with Gasteiger partial charge >= 0.3 is 6.23 Å². The van der Waals surface area contributed by atoms with Crippen molar-refractivity contribution in [2.75, 3.05) is 5.32 Å². The first kappa shape index (κ1) is 10.7. The fourth-order valence-electron chi connectivity index (χ4n) is 2.22. The molecule has 1 N–H and O–H groups in total. The highest BCUT2D eigenvalue weighted by molar-refractivity contribution is 5.62. The molecule has 4 nitrogen and oxygen atoms in total. The molecule has 2 aromatic rings. The van der Waals surface area contributed by atoms with Gasteiger partial charge in [-0.2, -0.15) is 0 Å². The second kappa shape index (κ2) is 4.17. The van der Waals surface area contributed by atoms with Gasteiger partial charge in [0, 0.05) is 5.56 Å². The molecule has 2 aromatic carbocycles. The molecule has 1 unspecified atom stereocenters. The second-order valence-electron chi connectivity index (χ2n) is 4.46. The number of para-hydroxylation sites is 3. The van der Waals surface area contributed by atoms with Crippen molar-refractivity contribution in [1.29, 1.82) is 0 Å². The molecule has 0 saturated heterocycles. The maximum absolute atomic E-state index is 5.80. The van der Waals surface area contributed by atoms with E-state index in [1.54, 1.807) is 0 Å². The minimum absolute atomic E-state index is 0.520. The van der Waals surface area contributed by atoms with Crippen LogP contribution in [0, 0.1) is 6.23 Å². The largest absolute Gasteiger partial charge is 0.458 e. The van der Waals surface area contributed by atoms with Crippen LogP contribution in [0.4, 0.5) is 5.69 Å². The molecule has 0 spiro atoms. The van der Waals surface area contributed by atoms with Crippen LogP contribution in [0.3, 0.4) is 0 Å². The van der Waals surface area contributed by atoms with Crippen LogP contribution in [0.5, 0.6) is 11.5 Å². The van der Waals surface area contributed by atoms with Gasteiger partial charge in [0.15, 0.2) is 0 Å². The Morgan fingerprint density at radius 1 is 0.947 bits per heavy atom. The molecule has 19 heavy (non-hydrogen) atoms. The van der Waals surface area contributed by atoms with Crippen molar-refractivity contribution in [3.8, 4) is 11.5 Å². The lowest BCUT2D eigenvalue weighted by atomic mass is 10.2. The van der Waals surface area contributed by atoms with Crippen LogP contribution in [-0.2, 0) is 11.3 Å². The first-order valence-electron chi connectivity index (χ1n) is 6.17. The van der Waals surface area contributed by atoms with Gasteiger partial charge in [0.2, 0.25) is 0 Å². The molecular weight excluding hydrogens is 242 g/mol. The zero-order chi connectivity index (χ0) is 12.7. The molecule has 0 amide bonds. The Morgan fingerprint density at radius 3 is 2.63 bits per heavy atom. The van der Waals surface area contributed by atoms with E-state index in [-0.39, 0.29) is 0 Å². The lowest BCUT2D eigenvalue weighted by Crippen LogP contribution is -2.36. The molecule has 0 bridgehead atoms. The van der Waals surface area contributed by atoms with E-state index in [0.29, 0.717) is 12.8 Å². The van der Waals surface area contributed by atoms with E-state index < -0.39 is 6.29 Å². The van der Waals surface area contributed by atoms with E-state index in [9.17, 15) is 0 Å². The Labute approximate surface area is 110 Å². The molecule has 1 radical (unpaired) electrons. The summed E-state index contributed by atoms with van der Waals surface area (Å²) in [5.41, 5.74) is 1.98. The summed E-state index contributed by atoms with van der Waals surface area (Å²) in [6, 6.07) is 15.6. The van der Waals surface area contributed by atoms with Crippen molar-refractivity contribution in [2.24, 2.45) is 0 Å². The normalized spacial score (nSPS) is 20.7. The van der Waals surface area contributed by atoms with Crippen LogP contribution in [-0.4, -0.2) is 6.29 Å². The van der Waals surface area contributed by atoms with Crippen LogP contribution < -0.4 is 14.8 Å². The van der Waals surface area contributed by atoms with Gasteiger partial charge < -0.3 is 19.5 Å². The van der Waals surface area contributed by atoms with E-state index in [1.807, 2.05) is 48.5 Å². The van der Waals surface area contributed by atoms with E-state index in [1.165, 1.54) is 0 Å². The molecule has 1 atom stereocenters. The summed E-state index contributed by atoms with van der Waals surface area (Å²) >= 11 is 0. The third-order valence-electron chi connectivity index (χ3n) is 3.18. The molecule has 2 heterocycles. The zero-order valence-electron chi connectivity index (χ0n) is 10.1. The number of anilines is 1. The summed E-state index contributed by atoms with van der Waals surface area (Å²) in [5.74, 6) is 1.64. The molecule has 2 aliphatic heterocycles. The number of hydrogen-bond acceptors (Lipinski definition) is 4. The number of hydrogen-bond donors (Lipinski definition) is 1. The number of fused-ring (bicyclic) bond motifs is 2. The highest BCUT2D eigenvalue weighted by Crippen LogP contribution is 2.38. The first-order chi connectivity index (χ1) is 9.40. The van der Waals surface area contributed by atoms with E-state index in [4.69, 9.17) is 14.2 Å². The summed E-state index contributed by atoms with van der Waals surface area (Å²) in [7, 11) is 0. The average molecular weight is 254 g/mol. The van der Waals surface area contributed by atoms with Crippen molar-refractivity contribution in [1.82, 2.24) is 0 Å². The van der Waals surface area contributed by atoms with E-state index in [0.717, 1.165) is 22.7 Å². The van der Waals surface area contributed by atoms with Crippen LogP contribution in [0.2, 0.25) is 0 Å². The number of nitrogens with one attached hydrogen (secondary N) is 1. The monoisotopic (exact) mass is 254 g/mol. The van der Waals surface area contributed by atoms with Crippen molar-refractivity contribution in [2.45, 2.75) is 12.9 Å². The van der Waals surface area contributed by atoms with Gasteiger partial charge in [-0.15, -0.1) is 0 Å². The molecule has 0 aliphatic carbocycles. The van der Waals surface area contributed by atoms with Gasteiger partial charge in [-0.25, -0.2) is 0 Å². The standard InChI is InChI=1S/C15H12NO3/c1-3-7-12-10(5-1)9-17-15(19-12)14-16-11-6-2-4-8-13(11)18-14/h1-8,15-16H,9H2. The van der Waals surface area contributed by atoms with Gasteiger partial charge in [0.1, 0.15) is 11.5 Å². The highest BCUT2D eigenvalue weighted by atomic mass is 16.7. The molecule has 0 aromatic heterocycles. The maximum Gasteiger partial charge on any atom is 0.309 e. The Bertz CT molecular complexity index is 589. The molecule has 0 saturated carbocycles. The van der Waals surface area contributed by atoms with Crippen LogP contribution in [0.1, 0.15) is 5.56 Å². The molecule has 4 heteroatoms. The van der Waals surface area contributed by atoms with Gasteiger partial charge in [-0.05, 0) is 18.2 Å². The fourth-order valence-corrected chi connectivity index (χ4v) is 2.22. The summed E-state index contributed by atoms with van der Waals surface area (Å²) in [6.07, 6.45) is 0.0537. The van der Waals surface area contributed by atoms with Crippen molar-refractivity contribution in [3.63, 3.8) is 0 Å². The lowest BCUT2D eigenvalue weighted by molar-refractivity contribution is -0.116. The van der Waals surface area contributed by atoms with Crippen molar-refractivity contribution < 1.29 is 14.2 Å². The first-order valence-corrected chi connectivity index (χ1v) is 6.17. The zero-order valence-corrected chi connectivity index (χ0v) is 10.1. The van der Waals surface area contributed by atoms with Crippen LogP contribution in [0.25, 0.3) is 0 Å². The Hall–Kier alpha value is -2.20. The van der Waals surface area contributed by atoms with Crippen LogP contribution in [0.15, 0.2) is 48.5 Å². The van der Waals surface area contributed by atoms with Gasteiger partial charge in [-0.1, -0.05) is 30.3 Å². The van der Waals surface area contributed by atoms with Gasteiger partial charge in [0.25, 0.3) is 6.29 Å². The lowest BCUT2D eigenvalue weighted by Gasteiger charge is -2.28. The number of benzene rings is 2. The quantitative estimate of drug-likeness (QED) is 0.849. The summed E-state index contributed by atoms with van der Waals surface area (Å²) < 4.78 is 17.2. The maximum atomic E-state index is 5.80. The molecule has 95 valence electrons. The van der Waals surface area contributed by atoms with Crippen molar-refractivity contribution in [3.05, 3.63) is 60.3 Å². The van der Waals surface area contributed by atoms with Crippen molar-refractivity contribution >= 4 is 5.69 Å². The molecule has 2 aliphatic rings. The summed E-state index contributed by atoms with van der Waals surface area (Å²) in [5, 5.41) is 3.18. The Kier molecular flexibility index (Phi) is 2.35. The summed E-state index contributed by atoms with van der Waals surface area (Å²) in [4.78, 5) is 0. The van der Waals surface area contributed by atoms with Gasteiger partial charge in [-0.3, -0.25) is 0 Å². The second-order valence-corrected chi connectivity index (χ2v) is 4.46. The SMILES string of the molecule is c1ccc2c(c1)COC([C]1Nc3ccccc3O1)O2. The fraction of sp³-hybridized carbons (Fsp3) is 0.133. The minimum atomic E-state index is -0.526. The smallest absolute Gasteiger partial charge is 0.309 e. The van der Waals surface area contributed by atoms with E-state index >= 15 is 0 Å². The average Bonchev–Trinajstić information content (AvgIpc) is 2.90. The predicted octanol–water partition coefficient (Wildman–Crippen LogP) is 2.92. The Balaban J connectivity index is 1.54. The topological polar surface area (TPSA) is 39.7 Å². The third-order valence-corrected chi connectivity index (χ3v) is 3.18. The number of ether oxygens (including phenoxy) is 3. The third kappa shape index (κ3) is 1.81. The van der Waals surface area contributed by atoms with Gasteiger partial charge in [0.05, 0.1) is 12.3 Å². The van der Waals surface area contributed by atoms with Crippen LogP contribution >= 0.6 is 0 Å². The number of rotatable bonds is 1. The highest BCUT2D eigenvalue weighted by Gasteiger charge is 2.36. The molecule has 0 fully saturated rings.